The first-order valence-electron chi connectivity index (χ1n) is 9.06. The molecule has 1 saturated heterocycles. The van der Waals surface area contributed by atoms with Gasteiger partial charge in [-0.2, -0.15) is 0 Å². The molecule has 0 radical (unpaired) electrons. The molecule has 2 heterocycles. The zero-order valence-electron chi connectivity index (χ0n) is 15.4. The molecule has 7 nitrogen and oxygen atoms in total. The summed E-state index contributed by atoms with van der Waals surface area (Å²) in [7, 11) is 0. The maximum Gasteiger partial charge on any atom is 0.265 e. The summed E-state index contributed by atoms with van der Waals surface area (Å²) < 4.78 is 5.51. The fraction of sp³-hybridized carbons (Fsp3) is 0.526. The first-order valence-corrected chi connectivity index (χ1v) is 9.06. The molecule has 2 aliphatic rings. The van der Waals surface area contributed by atoms with Crippen molar-refractivity contribution in [2.75, 3.05) is 23.7 Å². The molecule has 0 aliphatic carbocycles. The molecule has 2 N–H and O–H groups in total. The highest BCUT2D eigenvalue weighted by Crippen LogP contribution is 2.32. The predicted octanol–water partition coefficient (Wildman–Crippen LogP) is 2.24. The number of rotatable bonds is 3. The average molecular weight is 359 g/mol. The van der Waals surface area contributed by atoms with Gasteiger partial charge in [-0.3, -0.25) is 14.4 Å². The third-order valence-corrected chi connectivity index (χ3v) is 4.78. The molecule has 7 heteroatoms. The van der Waals surface area contributed by atoms with Crippen LogP contribution >= 0.6 is 0 Å². The fourth-order valence-corrected chi connectivity index (χ4v) is 3.29. The van der Waals surface area contributed by atoms with E-state index in [0.717, 1.165) is 12.8 Å². The Bertz CT molecular complexity index is 731. The molecule has 1 fully saturated rings. The molecule has 3 rings (SSSR count). The highest BCUT2D eigenvalue weighted by molar-refractivity contribution is 5.99. The largest absolute Gasteiger partial charge is 0.479 e. The summed E-state index contributed by atoms with van der Waals surface area (Å²) in [6.45, 7) is 6.58. The summed E-state index contributed by atoms with van der Waals surface area (Å²) in [6, 6.07) is 5.17. The van der Waals surface area contributed by atoms with Gasteiger partial charge in [0.05, 0.1) is 11.6 Å². The number of anilines is 2. The number of carbonyl (C=O) groups is 3. The van der Waals surface area contributed by atoms with Gasteiger partial charge in [0.2, 0.25) is 11.8 Å². The van der Waals surface area contributed by atoms with Gasteiger partial charge in [0.25, 0.3) is 5.91 Å². The van der Waals surface area contributed by atoms with Crippen molar-refractivity contribution in [3.05, 3.63) is 18.2 Å². The van der Waals surface area contributed by atoms with Crippen LogP contribution in [0.2, 0.25) is 0 Å². The summed E-state index contributed by atoms with van der Waals surface area (Å²) in [5, 5.41) is 5.66. The first kappa shape index (κ1) is 18.2. The summed E-state index contributed by atoms with van der Waals surface area (Å²) in [4.78, 5) is 38.3. The normalized spacial score (nSPS) is 22.3. The monoisotopic (exact) mass is 359 g/mol. The second kappa shape index (κ2) is 7.35. The molecular formula is C19H25N3O4. The van der Waals surface area contributed by atoms with Crippen LogP contribution in [-0.4, -0.2) is 41.8 Å². The Morgan fingerprint density at radius 2 is 2.12 bits per heavy atom. The Balaban J connectivity index is 1.66. The predicted molar refractivity (Wildman–Crippen MR) is 97.9 cm³/mol. The summed E-state index contributed by atoms with van der Waals surface area (Å²) in [5.41, 5.74) is 1.14. The molecule has 1 aromatic rings. The number of carbonyl (C=O) groups excluding carboxylic acids is 3. The number of ether oxygens (including phenoxy) is 1. The van der Waals surface area contributed by atoms with Crippen molar-refractivity contribution in [1.29, 1.82) is 0 Å². The van der Waals surface area contributed by atoms with Gasteiger partial charge in [-0.15, -0.1) is 0 Å². The van der Waals surface area contributed by atoms with Gasteiger partial charge in [-0.25, -0.2) is 0 Å². The third kappa shape index (κ3) is 3.81. The lowest BCUT2D eigenvalue weighted by molar-refractivity contribution is -0.137. The van der Waals surface area contributed by atoms with Gasteiger partial charge >= 0.3 is 0 Å². The number of nitrogens with one attached hydrogen (secondary N) is 2. The van der Waals surface area contributed by atoms with Crippen LogP contribution in [0.5, 0.6) is 5.75 Å². The molecule has 2 unspecified atom stereocenters. The van der Waals surface area contributed by atoms with Crippen LogP contribution in [0.15, 0.2) is 18.2 Å². The van der Waals surface area contributed by atoms with Crippen molar-refractivity contribution in [3.8, 4) is 5.75 Å². The molecular weight excluding hydrogens is 334 g/mol. The molecule has 0 spiro atoms. The van der Waals surface area contributed by atoms with E-state index in [1.807, 2.05) is 13.8 Å². The number of nitrogens with zero attached hydrogens (tertiary/aromatic N) is 1. The van der Waals surface area contributed by atoms with E-state index in [0.29, 0.717) is 30.2 Å². The van der Waals surface area contributed by atoms with Crippen LogP contribution in [0.4, 0.5) is 11.4 Å². The van der Waals surface area contributed by atoms with E-state index in [-0.39, 0.29) is 29.6 Å². The fourth-order valence-electron chi connectivity index (χ4n) is 3.29. The minimum Gasteiger partial charge on any atom is -0.479 e. The second-order valence-electron chi connectivity index (χ2n) is 7.23. The Kier molecular flexibility index (Phi) is 5.15. The zero-order chi connectivity index (χ0) is 18.8. The van der Waals surface area contributed by atoms with Crippen LogP contribution in [-0.2, 0) is 14.4 Å². The van der Waals surface area contributed by atoms with Crippen molar-refractivity contribution in [2.45, 2.75) is 39.7 Å². The lowest BCUT2D eigenvalue weighted by atomic mass is 9.96. The molecule has 140 valence electrons. The van der Waals surface area contributed by atoms with Crippen LogP contribution < -0.4 is 15.4 Å². The average Bonchev–Trinajstić information content (AvgIpc) is 2.62. The molecule has 2 aliphatic heterocycles. The minimum absolute atomic E-state index is 0.0662. The lowest BCUT2D eigenvalue weighted by Gasteiger charge is -2.33. The molecule has 0 aromatic heterocycles. The van der Waals surface area contributed by atoms with Crippen molar-refractivity contribution >= 4 is 29.1 Å². The topological polar surface area (TPSA) is 87.7 Å². The zero-order valence-corrected chi connectivity index (χ0v) is 15.4. The number of amides is 3. The summed E-state index contributed by atoms with van der Waals surface area (Å²) in [6.07, 6.45) is 1.05. The molecule has 1 aromatic carbocycles. The Morgan fingerprint density at radius 3 is 2.85 bits per heavy atom. The second-order valence-corrected chi connectivity index (χ2v) is 7.23. The number of piperidine rings is 1. The van der Waals surface area contributed by atoms with E-state index in [2.05, 4.69) is 10.6 Å². The Morgan fingerprint density at radius 1 is 1.35 bits per heavy atom. The Hall–Kier alpha value is -2.57. The quantitative estimate of drug-likeness (QED) is 0.866. The molecule has 0 saturated carbocycles. The van der Waals surface area contributed by atoms with Crippen molar-refractivity contribution in [3.63, 3.8) is 0 Å². The SMILES string of the molecule is CC(C)C(=O)N1CCCC(C(=O)Nc2ccc3c(c2)NC(=O)C(C)O3)C1. The number of hydrogen-bond acceptors (Lipinski definition) is 4. The molecule has 0 bridgehead atoms. The summed E-state index contributed by atoms with van der Waals surface area (Å²) >= 11 is 0. The maximum absolute atomic E-state index is 12.6. The number of hydrogen-bond donors (Lipinski definition) is 2. The molecule has 26 heavy (non-hydrogen) atoms. The van der Waals surface area contributed by atoms with Crippen LogP contribution in [0.25, 0.3) is 0 Å². The van der Waals surface area contributed by atoms with Crippen LogP contribution in [0.3, 0.4) is 0 Å². The van der Waals surface area contributed by atoms with E-state index in [1.54, 1.807) is 30.0 Å². The van der Waals surface area contributed by atoms with E-state index >= 15 is 0 Å². The highest BCUT2D eigenvalue weighted by atomic mass is 16.5. The van der Waals surface area contributed by atoms with Crippen molar-refractivity contribution in [2.24, 2.45) is 11.8 Å². The van der Waals surface area contributed by atoms with Gasteiger partial charge in [-0.1, -0.05) is 13.8 Å². The Labute approximate surface area is 153 Å². The third-order valence-electron chi connectivity index (χ3n) is 4.78. The maximum atomic E-state index is 12.6. The van der Waals surface area contributed by atoms with Gasteiger partial charge in [-0.05, 0) is 38.0 Å². The van der Waals surface area contributed by atoms with E-state index in [4.69, 9.17) is 4.74 Å². The smallest absolute Gasteiger partial charge is 0.265 e. The van der Waals surface area contributed by atoms with E-state index < -0.39 is 6.10 Å². The highest BCUT2D eigenvalue weighted by Gasteiger charge is 2.30. The van der Waals surface area contributed by atoms with Crippen molar-refractivity contribution in [1.82, 2.24) is 4.90 Å². The van der Waals surface area contributed by atoms with Gasteiger partial charge in [0, 0.05) is 24.7 Å². The molecule has 3 amide bonds. The van der Waals surface area contributed by atoms with Crippen LogP contribution in [0.1, 0.15) is 33.6 Å². The van der Waals surface area contributed by atoms with Gasteiger partial charge in [0.15, 0.2) is 6.10 Å². The number of fused-ring (bicyclic) bond motifs is 1. The van der Waals surface area contributed by atoms with E-state index in [1.165, 1.54) is 0 Å². The number of likely N-dealkylation sites (tertiary alicyclic amines) is 1. The van der Waals surface area contributed by atoms with E-state index in [9.17, 15) is 14.4 Å². The van der Waals surface area contributed by atoms with Crippen LogP contribution in [0, 0.1) is 11.8 Å². The summed E-state index contributed by atoms with van der Waals surface area (Å²) in [5.74, 6) is 0.0577. The standard InChI is InChI=1S/C19H25N3O4/c1-11(2)19(25)22-8-4-5-13(10-22)18(24)20-14-6-7-16-15(9-14)21-17(23)12(3)26-16/h6-7,9,11-13H,4-5,8,10H2,1-3H3,(H,20,24)(H,21,23). The van der Waals surface area contributed by atoms with Crippen molar-refractivity contribution < 1.29 is 19.1 Å². The first-order chi connectivity index (χ1) is 12.3. The van der Waals surface area contributed by atoms with Gasteiger partial charge < -0.3 is 20.3 Å². The van der Waals surface area contributed by atoms with Gasteiger partial charge in [0.1, 0.15) is 5.75 Å². The molecule has 2 atom stereocenters. The minimum atomic E-state index is -0.533. The lowest BCUT2D eigenvalue weighted by Crippen LogP contribution is -2.45. The number of benzene rings is 1.